The molecule has 2 rings (SSSR count). The van der Waals surface area contributed by atoms with Crippen molar-refractivity contribution >= 4 is 15.9 Å². The lowest BCUT2D eigenvalue weighted by Gasteiger charge is -2.18. The summed E-state index contributed by atoms with van der Waals surface area (Å²) in [4.78, 5) is 0. The molecule has 3 nitrogen and oxygen atoms in total. The van der Waals surface area contributed by atoms with E-state index in [9.17, 15) is 4.39 Å². The molecule has 0 radical (unpaired) electrons. The van der Waals surface area contributed by atoms with Crippen LogP contribution in [0.4, 0.5) is 4.39 Å². The van der Waals surface area contributed by atoms with Gasteiger partial charge in [-0.05, 0) is 42.0 Å². The third-order valence-corrected chi connectivity index (χ3v) is 3.79. The van der Waals surface area contributed by atoms with Gasteiger partial charge < -0.3 is 15.2 Å². The molecule has 106 valence electrons. The third kappa shape index (κ3) is 2.94. The number of methoxy groups -OCH3 is 2. The van der Waals surface area contributed by atoms with Crippen molar-refractivity contribution in [1.82, 2.24) is 0 Å². The Balaban J connectivity index is 2.51. The molecule has 0 amide bonds. The fourth-order valence-corrected chi connectivity index (χ4v) is 2.50. The monoisotopic (exact) mass is 339 g/mol. The summed E-state index contributed by atoms with van der Waals surface area (Å²) in [7, 11) is 3.15. The molecule has 2 N–H and O–H groups in total. The second-order valence-corrected chi connectivity index (χ2v) is 5.11. The van der Waals surface area contributed by atoms with Gasteiger partial charge in [-0.3, -0.25) is 0 Å². The van der Waals surface area contributed by atoms with E-state index in [1.165, 1.54) is 12.1 Å². The zero-order chi connectivity index (χ0) is 14.7. The van der Waals surface area contributed by atoms with Gasteiger partial charge in [0.2, 0.25) is 0 Å². The van der Waals surface area contributed by atoms with E-state index in [4.69, 9.17) is 15.2 Å². The van der Waals surface area contributed by atoms with Gasteiger partial charge in [0.1, 0.15) is 17.3 Å². The molecular weight excluding hydrogens is 325 g/mol. The minimum atomic E-state index is -0.523. The first-order valence-corrected chi connectivity index (χ1v) is 6.78. The standard InChI is InChI=1S/C15H15BrFNO2/c1-19-10-4-6-14(20-2)12(8-10)15(18)11-7-9(17)3-5-13(11)16/h3-8,15H,18H2,1-2H3. The van der Waals surface area contributed by atoms with E-state index in [1.807, 2.05) is 0 Å². The van der Waals surface area contributed by atoms with Gasteiger partial charge in [-0.1, -0.05) is 15.9 Å². The molecule has 1 atom stereocenters. The number of rotatable bonds is 4. The van der Waals surface area contributed by atoms with Crippen molar-refractivity contribution < 1.29 is 13.9 Å². The largest absolute Gasteiger partial charge is 0.497 e. The summed E-state index contributed by atoms with van der Waals surface area (Å²) in [5.41, 5.74) is 7.64. The molecule has 5 heteroatoms. The lowest BCUT2D eigenvalue weighted by Crippen LogP contribution is -2.14. The normalized spacial score (nSPS) is 12.1. The number of hydrogen-bond donors (Lipinski definition) is 1. The number of nitrogens with two attached hydrogens (primary N) is 1. The zero-order valence-corrected chi connectivity index (χ0v) is 12.8. The zero-order valence-electron chi connectivity index (χ0n) is 11.2. The van der Waals surface area contributed by atoms with Crippen LogP contribution in [0.5, 0.6) is 11.5 Å². The first-order chi connectivity index (χ1) is 9.56. The highest BCUT2D eigenvalue weighted by atomic mass is 79.9. The van der Waals surface area contributed by atoms with Crippen LogP contribution in [0.3, 0.4) is 0 Å². The number of hydrogen-bond acceptors (Lipinski definition) is 3. The summed E-state index contributed by atoms with van der Waals surface area (Å²) < 4.78 is 24.7. The van der Waals surface area contributed by atoms with Crippen molar-refractivity contribution in [3.63, 3.8) is 0 Å². The van der Waals surface area contributed by atoms with E-state index in [0.29, 0.717) is 17.1 Å². The Labute approximate surface area is 125 Å². The molecular formula is C15H15BrFNO2. The Bertz CT molecular complexity index is 619. The van der Waals surface area contributed by atoms with Gasteiger partial charge in [0.15, 0.2) is 0 Å². The second kappa shape index (κ2) is 6.24. The van der Waals surface area contributed by atoms with Crippen LogP contribution in [-0.2, 0) is 0 Å². The van der Waals surface area contributed by atoms with Crippen LogP contribution in [0.1, 0.15) is 17.2 Å². The van der Waals surface area contributed by atoms with Crippen LogP contribution in [0.15, 0.2) is 40.9 Å². The fourth-order valence-electron chi connectivity index (χ4n) is 2.00. The fraction of sp³-hybridized carbons (Fsp3) is 0.200. The highest BCUT2D eigenvalue weighted by Gasteiger charge is 2.18. The van der Waals surface area contributed by atoms with Gasteiger partial charge in [-0.15, -0.1) is 0 Å². The average molecular weight is 340 g/mol. The van der Waals surface area contributed by atoms with E-state index in [-0.39, 0.29) is 5.82 Å². The summed E-state index contributed by atoms with van der Waals surface area (Å²) in [6, 6.07) is 9.26. The maximum Gasteiger partial charge on any atom is 0.124 e. The van der Waals surface area contributed by atoms with Crippen LogP contribution in [0.2, 0.25) is 0 Å². The summed E-state index contributed by atoms with van der Waals surface area (Å²) in [5.74, 6) is 0.971. The maximum absolute atomic E-state index is 13.4. The van der Waals surface area contributed by atoms with Gasteiger partial charge >= 0.3 is 0 Å². The molecule has 1 unspecified atom stereocenters. The Morgan fingerprint density at radius 1 is 1.05 bits per heavy atom. The summed E-state index contributed by atoms with van der Waals surface area (Å²) >= 11 is 3.39. The molecule has 0 bridgehead atoms. The molecule has 0 heterocycles. The van der Waals surface area contributed by atoms with Crippen molar-refractivity contribution in [2.24, 2.45) is 5.73 Å². The van der Waals surface area contributed by atoms with Crippen molar-refractivity contribution in [1.29, 1.82) is 0 Å². The molecule has 0 aliphatic rings. The van der Waals surface area contributed by atoms with Gasteiger partial charge in [0, 0.05) is 10.0 Å². The first-order valence-electron chi connectivity index (χ1n) is 5.99. The first kappa shape index (κ1) is 14.8. The predicted molar refractivity (Wildman–Crippen MR) is 79.7 cm³/mol. The number of benzene rings is 2. The minimum Gasteiger partial charge on any atom is -0.497 e. The van der Waals surface area contributed by atoms with Gasteiger partial charge in [0.05, 0.1) is 20.3 Å². The Hall–Kier alpha value is -1.59. The molecule has 2 aromatic carbocycles. The van der Waals surface area contributed by atoms with Crippen LogP contribution >= 0.6 is 15.9 Å². The Kier molecular flexibility index (Phi) is 4.62. The van der Waals surface area contributed by atoms with Crippen molar-refractivity contribution in [3.05, 3.63) is 57.8 Å². The molecule has 0 aliphatic heterocycles. The summed E-state index contributed by atoms with van der Waals surface area (Å²) in [5, 5.41) is 0. The van der Waals surface area contributed by atoms with Crippen LogP contribution in [0, 0.1) is 5.82 Å². The van der Waals surface area contributed by atoms with Gasteiger partial charge in [0.25, 0.3) is 0 Å². The highest BCUT2D eigenvalue weighted by Crippen LogP contribution is 2.34. The van der Waals surface area contributed by atoms with Crippen LogP contribution in [-0.4, -0.2) is 14.2 Å². The van der Waals surface area contributed by atoms with E-state index < -0.39 is 6.04 Å². The van der Waals surface area contributed by atoms with Gasteiger partial charge in [-0.2, -0.15) is 0 Å². The molecule has 0 spiro atoms. The minimum absolute atomic E-state index is 0.333. The molecule has 0 saturated heterocycles. The molecule has 0 aliphatic carbocycles. The van der Waals surface area contributed by atoms with E-state index in [0.717, 1.165) is 10.0 Å². The number of halogens is 2. The van der Waals surface area contributed by atoms with Crippen molar-refractivity contribution in [3.8, 4) is 11.5 Å². The predicted octanol–water partition coefficient (Wildman–Crippen LogP) is 3.65. The van der Waals surface area contributed by atoms with Crippen molar-refractivity contribution in [2.45, 2.75) is 6.04 Å². The second-order valence-electron chi connectivity index (χ2n) is 4.25. The molecule has 0 aromatic heterocycles. The molecule has 0 fully saturated rings. The Morgan fingerprint density at radius 3 is 2.45 bits per heavy atom. The summed E-state index contributed by atoms with van der Waals surface area (Å²) in [6.07, 6.45) is 0. The molecule has 0 saturated carbocycles. The van der Waals surface area contributed by atoms with E-state index >= 15 is 0 Å². The highest BCUT2D eigenvalue weighted by molar-refractivity contribution is 9.10. The lowest BCUT2D eigenvalue weighted by molar-refractivity contribution is 0.397. The molecule has 2 aromatic rings. The van der Waals surface area contributed by atoms with Crippen LogP contribution < -0.4 is 15.2 Å². The Morgan fingerprint density at radius 2 is 1.80 bits per heavy atom. The summed E-state index contributed by atoms with van der Waals surface area (Å²) in [6.45, 7) is 0. The van der Waals surface area contributed by atoms with E-state index in [2.05, 4.69) is 15.9 Å². The topological polar surface area (TPSA) is 44.5 Å². The number of ether oxygens (including phenoxy) is 2. The maximum atomic E-state index is 13.4. The SMILES string of the molecule is COc1ccc(OC)c(C(N)c2cc(F)ccc2Br)c1. The van der Waals surface area contributed by atoms with Crippen molar-refractivity contribution in [2.75, 3.05) is 14.2 Å². The van der Waals surface area contributed by atoms with Gasteiger partial charge in [-0.25, -0.2) is 4.39 Å². The lowest BCUT2D eigenvalue weighted by atomic mass is 9.98. The molecule has 20 heavy (non-hydrogen) atoms. The third-order valence-electron chi connectivity index (χ3n) is 3.07. The van der Waals surface area contributed by atoms with Crippen LogP contribution in [0.25, 0.3) is 0 Å². The average Bonchev–Trinajstić information content (AvgIpc) is 2.48. The van der Waals surface area contributed by atoms with E-state index in [1.54, 1.807) is 38.5 Å². The smallest absolute Gasteiger partial charge is 0.124 e. The quantitative estimate of drug-likeness (QED) is 0.924.